The zero-order chi connectivity index (χ0) is 20.6. The SMILES string of the molecule is CCCCNC(=O)c1cccc(N2CCCN(C3CCN(C(C)C)CC3)CC2)n1. The van der Waals surface area contributed by atoms with Gasteiger partial charge in [0.1, 0.15) is 11.5 Å². The second kappa shape index (κ2) is 10.9. The van der Waals surface area contributed by atoms with Gasteiger partial charge in [-0.25, -0.2) is 4.98 Å². The Hall–Kier alpha value is -1.66. The molecule has 1 N–H and O–H groups in total. The number of aromatic nitrogens is 1. The van der Waals surface area contributed by atoms with Crippen LogP contribution in [0.1, 0.15) is 63.4 Å². The molecule has 3 rings (SSSR count). The molecule has 0 unspecified atom stereocenters. The molecule has 3 heterocycles. The third kappa shape index (κ3) is 6.16. The van der Waals surface area contributed by atoms with Crippen LogP contribution in [-0.4, -0.2) is 78.6 Å². The van der Waals surface area contributed by atoms with E-state index in [-0.39, 0.29) is 5.91 Å². The first-order chi connectivity index (χ1) is 14.1. The highest BCUT2D eigenvalue weighted by Gasteiger charge is 2.27. The first-order valence-electron chi connectivity index (χ1n) is 11.6. The highest BCUT2D eigenvalue weighted by molar-refractivity contribution is 5.92. The molecule has 1 aromatic rings. The van der Waals surface area contributed by atoms with Gasteiger partial charge in [-0.05, 0) is 64.8 Å². The molecule has 0 aliphatic carbocycles. The van der Waals surface area contributed by atoms with Gasteiger partial charge in [0, 0.05) is 44.8 Å². The molecule has 0 bridgehead atoms. The molecule has 2 fully saturated rings. The molecule has 0 saturated carbocycles. The minimum atomic E-state index is -0.0614. The fourth-order valence-electron chi connectivity index (χ4n) is 4.49. The van der Waals surface area contributed by atoms with E-state index in [0.29, 0.717) is 17.8 Å². The Balaban J connectivity index is 1.54. The maximum Gasteiger partial charge on any atom is 0.269 e. The van der Waals surface area contributed by atoms with Gasteiger partial charge in [0.2, 0.25) is 0 Å². The first kappa shape index (κ1) is 22.0. The number of rotatable bonds is 7. The third-order valence-corrected chi connectivity index (χ3v) is 6.38. The molecule has 6 nitrogen and oxygen atoms in total. The average molecular weight is 402 g/mol. The van der Waals surface area contributed by atoms with Crippen LogP contribution in [-0.2, 0) is 0 Å². The van der Waals surface area contributed by atoms with E-state index in [1.807, 2.05) is 18.2 Å². The first-order valence-corrected chi connectivity index (χ1v) is 11.6. The van der Waals surface area contributed by atoms with E-state index in [0.717, 1.165) is 51.3 Å². The van der Waals surface area contributed by atoms with Crippen LogP contribution >= 0.6 is 0 Å². The number of nitrogens with one attached hydrogen (secondary N) is 1. The number of amides is 1. The molecule has 2 aliphatic heterocycles. The number of likely N-dealkylation sites (tertiary alicyclic amines) is 1. The van der Waals surface area contributed by atoms with Gasteiger partial charge < -0.3 is 15.1 Å². The van der Waals surface area contributed by atoms with E-state index < -0.39 is 0 Å². The van der Waals surface area contributed by atoms with Gasteiger partial charge in [-0.3, -0.25) is 9.69 Å². The van der Waals surface area contributed by atoms with Crippen molar-refractivity contribution in [1.82, 2.24) is 20.1 Å². The lowest BCUT2D eigenvalue weighted by Crippen LogP contribution is -2.47. The number of anilines is 1. The monoisotopic (exact) mass is 401 g/mol. The minimum absolute atomic E-state index is 0.0614. The summed E-state index contributed by atoms with van der Waals surface area (Å²) in [6.45, 7) is 14.1. The number of hydrogen-bond acceptors (Lipinski definition) is 5. The largest absolute Gasteiger partial charge is 0.355 e. The normalized spacial score (nSPS) is 20.1. The zero-order valence-corrected chi connectivity index (χ0v) is 18.6. The predicted octanol–water partition coefficient (Wildman–Crippen LogP) is 3.00. The number of pyridine rings is 1. The maximum absolute atomic E-state index is 12.4. The molecule has 1 aromatic heterocycles. The van der Waals surface area contributed by atoms with Crippen LogP contribution in [0.5, 0.6) is 0 Å². The number of carbonyl (C=O) groups excluding carboxylic acids is 1. The van der Waals surface area contributed by atoms with E-state index in [1.54, 1.807) is 0 Å². The van der Waals surface area contributed by atoms with E-state index >= 15 is 0 Å². The van der Waals surface area contributed by atoms with Gasteiger partial charge in [0.25, 0.3) is 5.91 Å². The summed E-state index contributed by atoms with van der Waals surface area (Å²) >= 11 is 0. The molecule has 6 heteroatoms. The van der Waals surface area contributed by atoms with Crippen molar-refractivity contribution in [2.45, 2.75) is 65.0 Å². The molecule has 0 aromatic carbocycles. The summed E-state index contributed by atoms with van der Waals surface area (Å²) in [5, 5.41) is 2.97. The van der Waals surface area contributed by atoms with Crippen LogP contribution in [0.3, 0.4) is 0 Å². The standard InChI is InChI=1S/C23H39N5O/c1-4-5-12-24-23(29)21-8-6-9-22(25-21)28-14-7-13-27(17-18-28)20-10-15-26(16-11-20)19(2)3/h6,8-9,19-20H,4-5,7,10-18H2,1-3H3,(H,24,29). The van der Waals surface area contributed by atoms with Crippen LogP contribution in [0.2, 0.25) is 0 Å². The fourth-order valence-corrected chi connectivity index (χ4v) is 4.49. The van der Waals surface area contributed by atoms with Gasteiger partial charge in [-0.2, -0.15) is 0 Å². The van der Waals surface area contributed by atoms with Crippen LogP contribution in [0.25, 0.3) is 0 Å². The molecule has 2 saturated heterocycles. The summed E-state index contributed by atoms with van der Waals surface area (Å²) in [5.41, 5.74) is 0.528. The summed E-state index contributed by atoms with van der Waals surface area (Å²) in [5.74, 6) is 0.873. The summed E-state index contributed by atoms with van der Waals surface area (Å²) in [7, 11) is 0. The van der Waals surface area contributed by atoms with Gasteiger partial charge in [0.05, 0.1) is 0 Å². The van der Waals surface area contributed by atoms with Crippen LogP contribution in [0, 0.1) is 0 Å². The Kier molecular flexibility index (Phi) is 8.30. The summed E-state index contributed by atoms with van der Waals surface area (Å²) < 4.78 is 0. The molecule has 0 atom stereocenters. The van der Waals surface area contributed by atoms with Gasteiger partial charge in [-0.15, -0.1) is 0 Å². The van der Waals surface area contributed by atoms with E-state index in [2.05, 4.69) is 45.8 Å². The fraction of sp³-hybridized carbons (Fsp3) is 0.739. The van der Waals surface area contributed by atoms with Crippen molar-refractivity contribution in [2.24, 2.45) is 0 Å². The third-order valence-electron chi connectivity index (χ3n) is 6.38. The Bertz CT molecular complexity index is 642. The van der Waals surface area contributed by atoms with Crippen molar-refractivity contribution in [2.75, 3.05) is 50.7 Å². The van der Waals surface area contributed by atoms with Crippen LogP contribution < -0.4 is 10.2 Å². The number of carbonyl (C=O) groups is 1. The van der Waals surface area contributed by atoms with E-state index in [1.165, 1.54) is 32.5 Å². The van der Waals surface area contributed by atoms with Crippen LogP contribution in [0.15, 0.2) is 18.2 Å². The molecular weight excluding hydrogens is 362 g/mol. The van der Waals surface area contributed by atoms with Crippen molar-refractivity contribution in [3.8, 4) is 0 Å². The molecule has 1 amide bonds. The Morgan fingerprint density at radius 1 is 1.14 bits per heavy atom. The van der Waals surface area contributed by atoms with Gasteiger partial charge in [0.15, 0.2) is 0 Å². The smallest absolute Gasteiger partial charge is 0.269 e. The van der Waals surface area contributed by atoms with Crippen molar-refractivity contribution < 1.29 is 4.79 Å². The minimum Gasteiger partial charge on any atom is -0.355 e. The molecular formula is C23H39N5O. The molecule has 0 radical (unpaired) electrons. The second-order valence-electron chi connectivity index (χ2n) is 8.73. The number of nitrogens with zero attached hydrogens (tertiary/aromatic N) is 4. The van der Waals surface area contributed by atoms with Crippen molar-refractivity contribution >= 4 is 11.7 Å². The lowest BCUT2D eigenvalue weighted by Gasteiger charge is -2.39. The predicted molar refractivity (Wildman–Crippen MR) is 120 cm³/mol. The van der Waals surface area contributed by atoms with Crippen molar-refractivity contribution in [3.05, 3.63) is 23.9 Å². The number of piperidine rings is 1. The number of hydrogen-bond donors (Lipinski definition) is 1. The molecule has 162 valence electrons. The topological polar surface area (TPSA) is 51.7 Å². The average Bonchev–Trinajstić information content (AvgIpc) is 3.00. The Labute approximate surface area is 176 Å². The molecule has 29 heavy (non-hydrogen) atoms. The highest BCUT2D eigenvalue weighted by atomic mass is 16.1. The van der Waals surface area contributed by atoms with Crippen molar-refractivity contribution in [1.29, 1.82) is 0 Å². The van der Waals surface area contributed by atoms with E-state index in [9.17, 15) is 4.79 Å². The summed E-state index contributed by atoms with van der Waals surface area (Å²) in [6.07, 6.45) is 5.80. The van der Waals surface area contributed by atoms with Gasteiger partial charge >= 0.3 is 0 Å². The maximum atomic E-state index is 12.4. The highest BCUT2D eigenvalue weighted by Crippen LogP contribution is 2.21. The zero-order valence-electron chi connectivity index (χ0n) is 18.6. The lowest BCUT2D eigenvalue weighted by atomic mass is 10.0. The summed E-state index contributed by atoms with van der Waals surface area (Å²) in [6, 6.07) is 7.19. The molecule has 2 aliphatic rings. The second-order valence-corrected chi connectivity index (χ2v) is 8.73. The van der Waals surface area contributed by atoms with E-state index in [4.69, 9.17) is 0 Å². The van der Waals surface area contributed by atoms with Crippen molar-refractivity contribution in [3.63, 3.8) is 0 Å². The Morgan fingerprint density at radius 2 is 1.93 bits per heavy atom. The quantitative estimate of drug-likeness (QED) is 0.712. The van der Waals surface area contributed by atoms with Crippen LogP contribution in [0.4, 0.5) is 5.82 Å². The Morgan fingerprint density at radius 3 is 2.66 bits per heavy atom. The van der Waals surface area contributed by atoms with Gasteiger partial charge in [-0.1, -0.05) is 19.4 Å². The number of unbranched alkanes of at least 4 members (excludes halogenated alkanes) is 1. The molecule has 0 spiro atoms. The summed E-state index contributed by atoms with van der Waals surface area (Å²) in [4.78, 5) is 24.7. The lowest BCUT2D eigenvalue weighted by molar-refractivity contribution is 0.0948.